The van der Waals surface area contributed by atoms with Crippen LogP contribution >= 0.6 is 0 Å². The van der Waals surface area contributed by atoms with Crippen LogP contribution in [0.2, 0.25) is 0 Å². The summed E-state index contributed by atoms with van der Waals surface area (Å²) in [6.07, 6.45) is 22.5. The molecule has 0 amide bonds. The smallest absolute Gasteiger partial charge is 0.0533 e. The standard InChI is InChI=1S/C15H30.4C2H6/c1-2-4-6-8-10-12-14-15-13-11-9-7-5-3-1;4*1-2/h1-15H2;4*1-2H3. The van der Waals surface area contributed by atoms with Gasteiger partial charge in [0, 0.05) is 0 Å². The quantitative estimate of drug-likeness (QED) is 0.414. The van der Waals surface area contributed by atoms with Crippen molar-refractivity contribution in [3.8, 4) is 0 Å². The van der Waals surface area contributed by atoms with E-state index in [-0.39, 0.29) is 0 Å². The van der Waals surface area contributed by atoms with Gasteiger partial charge in [-0.2, -0.15) is 0 Å². The maximum absolute atomic E-state index is 2.00. The van der Waals surface area contributed by atoms with Crippen molar-refractivity contribution in [1.82, 2.24) is 0 Å². The van der Waals surface area contributed by atoms with Crippen molar-refractivity contribution in [2.24, 2.45) is 0 Å². The van der Waals surface area contributed by atoms with Gasteiger partial charge in [0.1, 0.15) is 0 Å². The molecule has 0 heterocycles. The van der Waals surface area contributed by atoms with Crippen molar-refractivity contribution in [3.63, 3.8) is 0 Å². The van der Waals surface area contributed by atoms with E-state index in [1.807, 2.05) is 55.4 Å². The lowest BCUT2D eigenvalue weighted by molar-refractivity contribution is 0.548. The van der Waals surface area contributed by atoms with Crippen LogP contribution in [-0.2, 0) is 0 Å². The Morgan fingerprint density at radius 2 is 0.217 bits per heavy atom. The van der Waals surface area contributed by atoms with E-state index in [0.29, 0.717) is 0 Å². The molecule has 0 saturated heterocycles. The largest absolute Gasteiger partial charge is 0.0683 e. The maximum atomic E-state index is 2.00. The predicted octanol–water partition coefficient (Wildman–Crippen LogP) is 9.96. The third kappa shape index (κ3) is 39.1. The van der Waals surface area contributed by atoms with Crippen molar-refractivity contribution in [3.05, 3.63) is 0 Å². The van der Waals surface area contributed by atoms with E-state index >= 15 is 0 Å². The highest BCUT2D eigenvalue weighted by Gasteiger charge is 1.96. The summed E-state index contributed by atoms with van der Waals surface area (Å²) in [7, 11) is 0. The first-order valence-corrected chi connectivity index (χ1v) is 11.5. The summed E-state index contributed by atoms with van der Waals surface area (Å²) in [4.78, 5) is 0. The van der Waals surface area contributed by atoms with Gasteiger partial charge in [-0.3, -0.25) is 0 Å². The molecule has 0 nitrogen and oxygen atoms in total. The summed E-state index contributed by atoms with van der Waals surface area (Å²) in [5.41, 5.74) is 0. The highest BCUT2D eigenvalue weighted by Crippen LogP contribution is 2.16. The van der Waals surface area contributed by atoms with Gasteiger partial charge in [0.15, 0.2) is 0 Å². The Morgan fingerprint density at radius 3 is 0.261 bits per heavy atom. The lowest BCUT2D eigenvalue weighted by Gasteiger charge is -2.01. The molecule has 0 spiro atoms. The summed E-state index contributed by atoms with van der Waals surface area (Å²) < 4.78 is 0. The van der Waals surface area contributed by atoms with Crippen LogP contribution in [0, 0.1) is 0 Å². The molecule has 1 rings (SSSR count). The predicted molar refractivity (Wildman–Crippen MR) is 115 cm³/mol. The molecule has 23 heavy (non-hydrogen) atoms. The summed E-state index contributed by atoms with van der Waals surface area (Å²) >= 11 is 0. The topological polar surface area (TPSA) is 0 Å². The third-order valence-corrected chi connectivity index (χ3v) is 3.75. The summed E-state index contributed by atoms with van der Waals surface area (Å²) in [6, 6.07) is 0. The second-order valence-electron chi connectivity index (χ2n) is 5.30. The first-order valence-electron chi connectivity index (χ1n) is 11.5. The van der Waals surface area contributed by atoms with E-state index in [1.165, 1.54) is 96.3 Å². The van der Waals surface area contributed by atoms with Gasteiger partial charge in [-0.1, -0.05) is 152 Å². The van der Waals surface area contributed by atoms with Crippen LogP contribution in [0.4, 0.5) is 0 Å². The van der Waals surface area contributed by atoms with Gasteiger partial charge in [0.25, 0.3) is 0 Å². The lowest BCUT2D eigenvalue weighted by atomic mass is 10.1. The Hall–Kier alpha value is 0. The van der Waals surface area contributed by atoms with Crippen LogP contribution in [0.3, 0.4) is 0 Å². The molecule has 0 bridgehead atoms. The third-order valence-electron chi connectivity index (χ3n) is 3.75. The first-order chi connectivity index (χ1) is 11.5. The molecular formula is C23H54. The molecule has 0 unspecified atom stereocenters. The molecule has 0 atom stereocenters. The zero-order valence-corrected chi connectivity index (χ0v) is 18.6. The van der Waals surface area contributed by atoms with Gasteiger partial charge in [0.05, 0.1) is 0 Å². The minimum absolute atomic E-state index is 1.50. The Balaban J connectivity index is -0.000000196. The van der Waals surface area contributed by atoms with Gasteiger partial charge in [-0.25, -0.2) is 0 Å². The fourth-order valence-corrected chi connectivity index (χ4v) is 2.65. The average Bonchev–Trinajstić information content (AvgIpc) is 2.67. The van der Waals surface area contributed by atoms with Crippen LogP contribution in [0.25, 0.3) is 0 Å². The van der Waals surface area contributed by atoms with E-state index in [1.54, 1.807) is 0 Å². The molecule has 0 N–H and O–H groups in total. The van der Waals surface area contributed by atoms with Crippen molar-refractivity contribution in [1.29, 1.82) is 0 Å². The Bertz CT molecular complexity index is 58.6. The zero-order chi connectivity index (χ0) is 18.6. The molecule has 0 aromatic heterocycles. The Morgan fingerprint density at radius 1 is 0.174 bits per heavy atom. The molecule has 0 aromatic carbocycles. The number of hydrogen-bond acceptors (Lipinski definition) is 0. The Kier molecular flexibility index (Phi) is 57.8. The van der Waals surface area contributed by atoms with E-state index in [4.69, 9.17) is 0 Å². The molecule has 0 aromatic rings. The second-order valence-corrected chi connectivity index (χ2v) is 5.30. The van der Waals surface area contributed by atoms with Crippen molar-refractivity contribution in [2.75, 3.05) is 0 Å². The molecule has 1 fully saturated rings. The minimum atomic E-state index is 1.50. The van der Waals surface area contributed by atoms with Gasteiger partial charge in [-0.05, 0) is 0 Å². The normalized spacial score (nSPS) is 16.7. The van der Waals surface area contributed by atoms with Crippen LogP contribution in [0.15, 0.2) is 0 Å². The van der Waals surface area contributed by atoms with Crippen LogP contribution < -0.4 is 0 Å². The summed E-state index contributed by atoms with van der Waals surface area (Å²) in [5.74, 6) is 0. The molecule has 146 valence electrons. The van der Waals surface area contributed by atoms with Gasteiger partial charge in [0.2, 0.25) is 0 Å². The zero-order valence-electron chi connectivity index (χ0n) is 18.6. The molecule has 0 heteroatoms. The van der Waals surface area contributed by atoms with E-state index in [0.717, 1.165) is 0 Å². The van der Waals surface area contributed by atoms with Gasteiger partial charge in [-0.15, -0.1) is 0 Å². The van der Waals surface area contributed by atoms with Crippen LogP contribution in [0.1, 0.15) is 152 Å². The molecule has 1 aliphatic carbocycles. The van der Waals surface area contributed by atoms with Crippen molar-refractivity contribution >= 4 is 0 Å². The van der Waals surface area contributed by atoms with Crippen LogP contribution in [-0.4, -0.2) is 0 Å². The summed E-state index contributed by atoms with van der Waals surface area (Å²) in [5, 5.41) is 0. The molecule has 0 radical (unpaired) electrons. The monoisotopic (exact) mass is 330 g/mol. The average molecular weight is 331 g/mol. The summed E-state index contributed by atoms with van der Waals surface area (Å²) in [6.45, 7) is 16.0. The minimum Gasteiger partial charge on any atom is -0.0683 e. The fraction of sp³-hybridized carbons (Fsp3) is 1.00. The van der Waals surface area contributed by atoms with Gasteiger partial charge >= 0.3 is 0 Å². The van der Waals surface area contributed by atoms with E-state index in [9.17, 15) is 0 Å². The van der Waals surface area contributed by atoms with E-state index in [2.05, 4.69) is 0 Å². The Labute approximate surface area is 152 Å². The second kappa shape index (κ2) is 43.1. The maximum Gasteiger partial charge on any atom is -0.0533 e. The van der Waals surface area contributed by atoms with Crippen molar-refractivity contribution < 1.29 is 0 Å². The number of rotatable bonds is 0. The lowest BCUT2D eigenvalue weighted by Crippen LogP contribution is -1.81. The number of hydrogen-bond donors (Lipinski definition) is 0. The first kappa shape index (κ1) is 30.8. The molecule has 0 aliphatic heterocycles. The van der Waals surface area contributed by atoms with E-state index < -0.39 is 0 Å². The fourth-order valence-electron chi connectivity index (χ4n) is 2.65. The van der Waals surface area contributed by atoms with Crippen LogP contribution in [0.5, 0.6) is 0 Å². The molecule has 1 saturated carbocycles. The van der Waals surface area contributed by atoms with Crippen molar-refractivity contribution in [2.45, 2.75) is 152 Å². The molecule has 1 aliphatic rings. The van der Waals surface area contributed by atoms with Gasteiger partial charge < -0.3 is 0 Å². The highest BCUT2D eigenvalue weighted by atomic mass is 14.0. The molecular weight excluding hydrogens is 276 g/mol. The SMILES string of the molecule is C1CCCCCCCCCCCCCC1.CC.CC.CC.CC. The highest BCUT2D eigenvalue weighted by molar-refractivity contribution is 4.52.